The number of nitrogens with one attached hydrogen (secondary N) is 1. The topological polar surface area (TPSA) is 87.7 Å². The minimum atomic E-state index is -0.780. The number of amides is 1. The van der Waals surface area contributed by atoms with Gasteiger partial charge in [0.1, 0.15) is 11.4 Å². The Morgan fingerprint density at radius 2 is 2.10 bits per heavy atom. The smallest absolute Gasteiger partial charge is 0.225 e. The number of benzene rings is 1. The minimum absolute atomic E-state index is 0.0368. The molecule has 1 aromatic rings. The normalized spacial score (nSPS) is 18.2. The number of carbonyl (C=O) groups excluding carboxylic acids is 1. The number of nitrogens with zero attached hydrogens (tertiary/aromatic N) is 1. The van der Waals surface area contributed by atoms with Crippen molar-refractivity contribution in [3.8, 4) is 0 Å². The molecule has 0 bridgehead atoms. The lowest BCUT2D eigenvalue weighted by molar-refractivity contribution is -0.122. The summed E-state index contributed by atoms with van der Waals surface area (Å²) in [6.45, 7) is 0. The molecule has 2 rings (SSSR count). The van der Waals surface area contributed by atoms with E-state index in [0.29, 0.717) is 18.4 Å². The fourth-order valence-electron chi connectivity index (χ4n) is 2.84. The van der Waals surface area contributed by atoms with E-state index in [4.69, 9.17) is 10.9 Å². The molecule has 0 unspecified atom stereocenters. The van der Waals surface area contributed by atoms with Crippen molar-refractivity contribution in [1.82, 2.24) is 5.32 Å². The lowest BCUT2D eigenvalue weighted by Gasteiger charge is -2.36. The molecule has 1 aromatic carbocycles. The van der Waals surface area contributed by atoms with E-state index >= 15 is 0 Å². The Morgan fingerprint density at radius 3 is 2.71 bits per heavy atom. The van der Waals surface area contributed by atoms with Crippen LogP contribution in [-0.4, -0.2) is 22.5 Å². The van der Waals surface area contributed by atoms with E-state index < -0.39 is 5.54 Å². The van der Waals surface area contributed by atoms with Crippen LogP contribution < -0.4 is 11.1 Å². The van der Waals surface area contributed by atoms with Crippen molar-refractivity contribution in [3.63, 3.8) is 0 Å². The highest BCUT2D eigenvalue weighted by molar-refractivity contribution is 5.94. The van der Waals surface area contributed by atoms with E-state index in [0.717, 1.165) is 19.3 Å². The third-order valence-electron chi connectivity index (χ3n) is 3.94. The maximum atomic E-state index is 13.1. The van der Waals surface area contributed by atoms with Gasteiger partial charge in [0.2, 0.25) is 5.91 Å². The molecule has 1 aliphatic carbocycles. The zero-order valence-corrected chi connectivity index (χ0v) is 11.8. The number of hydrogen-bond acceptors (Lipinski definition) is 3. The van der Waals surface area contributed by atoms with E-state index in [1.165, 1.54) is 12.1 Å². The summed E-state index contributed by atoms with van der Waals surface area (Å²) in [6, 6.07) is 5.93. The molecule has 0 heterocycles. The van der Waals surface area contributed by atoms with Crippen molar-refractivity contribution in [1.29, 1.82) is 0 Å². The molecule has 1 aliphatic rings. The van der Waals surface area contributed by atoms with Crippen LogP contribution in [0.5, 0.6) is 0 Å². The SMILES string of the molecule is N/C(=N/O)C1(NC(=O)Cc2cccc(F)c2)CCCCC1. The van der Waals surface area contributed by atoms with Crippen LogP contribution in [0.1, 0.15) is 37.7 Å². The Hall–Kier alpha value is -2.11. The first-order chi connectivity index (χ1) is 10.1. The summed E-state index contributed by atoms with van der Waals surface area (Å²) in [5.41, 5.74) is 5.59. The second-order valence-corrected chi connectivity index (χ2v) is 5.48. The van der Waals surface area contributed by atoms with Gasteiger partial charge in [-0.2, -0.15) is 0 Å². The zero-order valence-electron chi connectivity index (χ0n) is 11.8. The highest BCUT2D eigenvalue weighted by atomic mass is 19.1. The molecule has 0 spiro atoms. The number of hydrogen-bond donors (Lipinski definition) is 3. The van der Waals surface area contributed by atoms with Crippen molar-refractivity contribution in [2.24, 2.45) is 10.9 Å². The van der Waals surface area contributed by atoms with Crippen LogP contribution >= 0.6 is 0 Å². The molecule has 0 atom stereocenters. The first kappa shape index (κ1) is 15.3. The van der Waals surface area contributed by atoms with Crippen LogP contribution in [0.15, 0.2) is 29.4 Å². The standard InChI is InChI=1S/C15H20FN3O2/c16-12-6-4-5-11(9-12)10-13(20)18-15(14(17)19-21)7-2-1-3-8-15/h4-6,9,21H,1-3,7-8,10H2,(H2,17,19)(H,18,20). The second-order valence-electron chi connectivity index (χ2n) is 5.48. The summed E-state index contributed by atoms with van der Waals surface area (Å²) in [7, 11) is 0. The van der Waals surface area contributed by atoms with Gasteiger partial charge in [-0.3, -0.25) is 4.79 Å². The molecule has 0 aliphatic heterocycles. The van der Waals surface area contributed by atoms with Crippen molar-refractivity contribution < 1.29 is 14.4 Å². The van der Waals surface area contributed by atoms with E-state index in [9.17, 15) is 9.18 Å². The van der Waals surface area contributed by atoms with Crippen molar-refractivity contribution in [2.45, 2.75) is 44.1 Å². The number of rotatable bonds is 4. The van der Waals surface area contributed by atoms with Crippen LogP contribution in [-0.2, 0) is 11.2 Å². The van der Waals surface area contributed by atoms with Gasteiger partial charge in [-0.25, -0.2) is 4.39 Å². The van der Waals surface area contributed by atoms with Crippen LogP contribution in [0.2, 0.25) is 0 Å². The van der Waals surface area contributed by atoms with Crippen molar-refractivity contribution in [3.05, 3.63) is 35.6 Å². The third kappa shape index (κ3) is 3.71. The molecule has 114 valence electrons. The van der Waals surface area contributed by atoms with Gasteiger partial charge in [0.15, 0.2) is 5.84 Å². The molecule has 6 heteroatoms. The molecule has 4 N–H and O–H groups in total. The van der Waals surface area contributed by atoms with Gasteiger partial charge in [-0.15, -0.1) is 0 Å². The first-order valence-electron chi connectivity index (χ1n) is 7.09. The third-order valence-corrected chi connectivity index (χ3v) is 3.94. The fourth-order valence-corrected chi connectivity index (χ4v) is 2.84. The lowest BCUT2D eigenvalue weighted by atomic mass is 9.80. The first-order valence-corrected chi connectivity index (χ1v) is 7.09. The number of oxime groups is 1. The number of carbonyl (C=O) groups is 1. The monoisotopic (exact) mass is 293 g/mol. The molecule has 1 fully saturated rings. The Kier molecular flexibility index (Phi) is 4.77. The molecule has 1 saturated carbocycles. The number of halogens is 1. The van der Waals surface area contributed by atoms with Gasteiger partial charge < -0.3 is 16.3 Å². The van der Waals surface area contributed by atoms with Crippen molar-refractivity contribution >= 4 is 11.7 Å². The molecule has 5 nitrogen and oxygen atoms in total. The number of amidine groups is 1. The Balaban J connectivity index is 2.08. The quantitative estimate of drug-likeness (QED) is 0.343. The van der Waals surface area contributed by atoms with E-state index in [2.05, 4.69) is 10.5 Å². The Labute approximate surface area is 123 Å². The summed E-state index contributed by atoms with van der Waals surface area (Å²) in [6.07, 6.45) is 4.26. The molecule has 0 radical (unpaired) electrons. The highest BCUT2D eigenvalue weighted by Crippen LogP contribution is 2.28. The maximum absolute atomic E-state index is 13.1. The molecule has 21 heavy (non-hydrogen) atoms. The zero-order chi connectivity index (χ0) is 15.3. The van der Waals surface area contributed by atoms with Gasteiger partial charge in [0.25, 0.3) is 0 Å². The van der Waals surface area contributed by atoms with Crippen LogP contribution in [0.4, 0.5) is 4.39 Å². The molecular formula is C15H20FN3O2. The van der Waals surface area contributed by atoms with E-state index in [1.807, 2.05) is 0 Å². The summed E-state index contributed by atoms with van der Waals surface area (Å²) in [5, 5.41) is 14.9. The summed E-state index contributed by atoms with van der Waals surface area (Å²) in [5.74, 6) is -0.590. The van der Waals surface area contributed by atoms with Crippen LogP contribution in [0.3, 0.4) is 0 Å². The van der Waals surface area contributed by atoms with Gasteiger partial charge in [-0.1, -0.05) is 36.6 Å². The summed E-state index contributed by atoms with van der Waals surface area (Å²) in [4.78, 5) is 12.2. The largest absolute Gasteiger partial charge is 0.409 e. The molecular weight excluding hydrogens is 273 g/mol. The van der Waals surface area contributed by atoms with Gasteiger partial charge in [0, 0.05) is 0 Å². The van der Waals surface area contributed by atoms with Crippen molar-refractivity contribution in [2.75, 3.05) is 0 Å². The second kappa shape index (κ2) is 6.56. The lowest BCUT2D eigenvalue weighted by Crippen LogP contribution is -2.58. The van der Waals surface area contributed by atoms with Gasteiger partial charge in [-0.05, 0) is 30.5 Å². The van der Waals surface area contributed by atoms with Crippen LogP contribution in [0, 0.1) is 5.82 Å². The predicted molar refractivity (Wildman–Crippen MR) is 77.5 cm³/mol. The summed E-state index contributed by atoms with van der Waals surface area (Å²) >= 11 is 0. The average molecular weight is 293 g/mol. The minimum Gasteiger partial charge on any atom is -0.409 e. The Morgan fingerprint density at radius 1 is 1.38 bits per heavy atom. The number of nitrogens with two attached hydrogens (primary N) is 1. The maximum Gasteiger partial charge on any atom is 0.225 e. The predicted octanol–water partition coefficient (Wildman–Crippen LogP) is 1.93. The average Bonchev–Trinajstić information content (AvgIpc) is 2.47. The summed E-state index contributed by atoms with van der Waals surface area (Å²) < 4.78 is 13.1. The van der Waals surface area contributed by atoms with E-state index in [-0.39, 0.29) is 24.0 Å². The molecule has 0 aromatic heterocycles. The molecule has 1 amide bonds. The Bertz CT molecular complexity index is 539. The fraction of sp³-hybridized carbons (Fsp3) is 0.467. The molecule has 0 saturated heterocycles. The van der Waals surface area contributed by atoms with Crippen LogP contribution in [0.25, 0.3) is 0 Å². The van der Waals surface area contributed by atoms with E-state index in [1.54, 1.807) is 12.1 Å². The highest BCUT2D eigenvalue weighted by Gasteiger charge is 2.37. The van der Waals surface area contributed by atoms with Gasteiger partial charge in [0.05, 0.1) is 6.42 Å². The van der Waals surface area contributed by atoms with Gasteiger partial charge >= 0.3 is 0 Å².